The van der Waals surface area contributed by atoms with Gasteiger partial charge >= 0.3 is 5.97 Å². The number of hydrogen-bond donors (Lipinski definition) is 0. The van der Waals surface area contributed by atoms with Gasteiger partial charge in [0.1, 0.15) is 0 Å². The Morgan fingerprint density at radius 3 is 1.50 bits per heavy atom. The second-order valence-corrected chi connectivity index (χ2v) is 1.89. The van der Waals surface area contributed by atoms with Crippen molar-refractivity contribution in [2.24, 2.45) is 0 Å². The fraction of sp³-hybridized carbons (Fsp3) is 0.714. The first kappa shape index (κ1) is 13.5. The van der Waals surface area contributed by atoms with Crippen molar-refractivity contribution in [3.63, 3.8) is 0 Å². The third-order valence-corrected chi connectivity index (χ3v) is 1.00. The summed E-state index contributed by atoms with van der Waals surface area (Å²) in [6.07, 6.45) is 0. The number of amides is 1. The summed E-state index contributed by atoms with van der Waals surface area (Å²) in [5.74, 6) is -0.340. The predicted octanol–water partition coefficient (Wildman–Crippen LogP) is 0.205. The molecule has 0 saturated carbocycles. The molecule has 0 fully saturated rings. The van der Waals surface area contributed by atoms with Gasteiger partial charge in [0, 0.05) is 20.9 Å². The second kappa shape index (κ2) is 8.00. The van der Waals surface area contributed by atoms with E-state index in [1.807, 2.05) is 0 Å². The van der Waals surface area contributed by atoms with E-state index in [1.54, 1.807) is 7.05 Å². The number of hydrogen-bond acceptors (Lipinski definition) is 4. The highest BCUT2D eigenvalue weighted by molar-refractivity contribution is 5.71. The number of hydroxylamine groups is 2. The molecule has 0 aliphatic heterocycles. The van der Waals surface area contributed by atoms with E-state index in [9.17, 15) is 9.59 Å². The molecular formula is C7H15NO4. The topological polar surface area (TPSA) is 55.8 Å². The van der Waals surface area contributed by atoms with Crippen molar-refractivity contribution in [1.29, 1.82) is 0 Å². The van der Waals surface area contributed by atoms with Crippen LogP contribution in [0.5, 0.6) is 0 Å². The molecule has 0 aromatic heterocycles. The van der Waals surface area contributed by atoms with Gasteiger partial charge in [-0.1, -0.05) is 0 Å². The van der Waals surface area contributed by atoms with Gasteiger partial charge in [0.2, 0.25) is 5.91 Å². The number of carbonyl (C=O) groups is 2. The van der Waals surface area contributed by atoms with Crippen LogP contribution in [0.15, 0.2) is 0 Å². The third kappa shape index (κ3) is 11.7. The quantitative estimate of drug-likeness (QED) is 0.424. The number of ether oxygens (including phenoxy) is 1. The van der Waals surface area contributed by atoms with Crippen molar-refractivity contribution in [3.8, 4) is 0 Å². The minimum atomic E-state index is -0.245. The number of esters is 1. The Balaban J connectivity index is 0. The molecule has 0 heterocycles. The Kier molecular flexibility index (Phi) is 8.99. The highest BCUT2D eigenvalue weighted by Crippen LogP contribution is 1.78. The van der Waals surface area contributed by atoms with Crippen molar-refractivity contribution in [2.45, 2.75) is 13.8 Å². The number of carbonyl (C=O) groups excluding carboxylic acids is 2. The number of rotatable bonds is 1. The zero-order valence-electron chi connectivity index (χ0n) is 8.08. The average molecular weight is 177 g/mol. The van der Waals surface area contributed by atoms with Crippen LogP contribution in [0.3, 0.4) is 0 Å². The third-order valence-electron chi connectivity index (χ3n) is 1.00. The first-order chi connectivity index (χ1) is 5.45. The van der Waals surface area contributed by atoms with E-state index < -0.39 is 0 Å². The normalized spacial score (nSPS) is 7.75. The lowest BCUT2D eigenvalue weighted by molar-refractivity contribution is -0.165. The van der Waals surface area contributed by atoms with Gasteiger partial charge in [0.15, 0.2) is 0 Å². The van der Waals surface area contributed by atoms with Crippen LogP contribution in [0.25, 0.3) is 0 Å². The summed E-state index contributed by atoms with van der Waals surface area (Å²) >= 11 is 0. The fourth-order valence-electron chi connectivity index (χ4n) is 0.129. The Bertz CT molecular complexity index is 146. The van der Waals surface area contributed by atoms with Crippen molar-refractivity contribution >= 4 is 11.9 Å². The maximum Gasteiger partial charge on any atom is 0.302 e. The van der Waals surface area contributed by atoms with Gasteiger partial charge in [-0.25, -0.2) is 5.06 Å². The smallest absolute Gasteiger partial charge is 0.302 e. The summed E-state index contributed by atoms with van der Waals surface area (Å²) in [6, 6.07) is 0. The van der Waals surface area contributed by atoms with E-state index in [0.717, 1.165) is 5.06 Å². The molecule has 0 bridgehead atoms. The molecule has 0 unspecified atom stereocenters. The van der Waals surface area contributed by atoms with Gasteiger partial charge in [0.25, 0.3) is 0 Å². The molecule has 0 spiro atoms. The minimum absolute atomic E-state index is 0.0949. The van der Waals surface area contributed by atoms with Crippen LogP contribution in [0.4, 0.5) is 0 Å². The summed E-state index contributed by atoms with van der Waals surface area (Å²) < 4.78 is 4.11. The Labute approximate surface area is 72.2 Å². The van der Waals surface area contributed by atoms with Gasteiger partial charge in [-0.15, -0.1) is 0 Å². The van der Waals surface area contributed by atoms with E-state index in [4.69, 9.17) is 0 Å². The zero-order valence-corrected chi connectivity index (χ0v) is 8.08. The molecule has 0 aliphatic carbocycles. The largest absolute Gasteiger partial charge is 0.469 e. The van der Waals surface area contributed by atoms with E-state index >= 15 is 0 Å². The molecule has 0 radical (unpaired) electrons. The average Bonchev–Trinajstić information content (AvgIpc) is 2.04. The van der Waals surface area contributed by atoms with Gasteiger partial charge in [-0.3, -0.25) is 14.4 Å². The molecule has 0 atom stereocenters. The summed E-state index contributed by atoms with van der Waals surface area (Å²) in [4.78, 5) is 24.3. The van der Waals surface area contributed by atoms with Gasteiger partial charge in [0.05, 0.1) is 14.2 Å². The van der Waals surface area contributed by atoms with Crippen LogP contribution in [-0.2, 0) is 19.2 Å². The molecule has 0 aromatic carbocycles. The number of nitrogens with zero attached hydrogens (tertiary/aromatic N) is 1. The summed E-state index contributed by atoms with van der Waals surface area (Å²) in [5.41, 5.74) is 0. The molecule has 12 heavy (non-hydrogen) atoms. The van der Waals surface area contributed by atoms with Crippen molar-refractivity contribution in [2.75, 3.05) is 21.3 Å². The maximum absolute atomic E-state index is 10.2. The van der Waals surface area contributed by atoms with Gasteiger partial charge in [-0.2, -0.15) is 0 Å². The van der Waals surface area contributed by atoms with Crippen LogP contribution in [-0.4, -0.2) is 38.2 Å². The van der Waals surface area contributed by atoms with E-state index in [-0.39, 0.29) is 11.9 Å². The zero-order chi connectivity index (χ0) is 10.1. The molecule has 0 rings (SSSR count). The second-order valence-electron chi connectivity index (χ2n) is 1.89. The SMILES string of the molecule is COC(C)=O.CON(C)C(C)=O. The van der Waals surface area contributed by atoms with E-state index in [1.165, 1.54) is 28.1 Å². The lowest BCUT2D eigenvalue weighted by atomic mass is 10.7. The Hall–Kier alpha value is -1.10. The van der Waals surface area contributed by atoms with Crippen molar-refractivity contribution in [1.82, 2.24) is 5.06 Å². The van der Waals surface area contributed by atoms with Crippen LogP contribution in [0.2, 0.25) is 0 Å². The van der Waals surface area contributed by atoms with E-state index in [0.29, 0.717) is 0 Å². The minimum Gasteiger partial charge on any atom is -0.469 e. The van der Waals surface area contributed by atoms with Crippen LogP contribution < -0.4 is 0 Å². The lowest BCUT2D eigenvalue weighted by Crippen LogP contribution is -2.21. The summed E-state index contributed by atoms with van der Waals surface area (Å²) in [6.45, 7) is 2.80. The van der Waals surface area contributed by atoms with Crippen molar-refractivity contribution in [3.05, 3.63) is 0 Å². The fourth-order valence-corrected chi connectivity index (χ4v) is 0.129. The van der Waals surface area contributed by atoms with Gasteiger partial charge in [-0.05, 0) is 0 Å². The van der Waals surface area contributed by atoms with E-state index in [2.05, 4.69) is 9.57 Å². The monoisotopic (exact) mass is 177 g/mol. The summed E-state index contributed by atoms with van der Waals surface area (Å²) in [7, 11) is 4.35. The molecule has 5 nitrogen and oxygen atoms in total. The first-order valence-corrected chi connectivity index (χ1v) is 3.28. The highest BCUT2D eigenvalue weighted by Gasteiger charge is 1.94. The highest BCUT2D eigenvalue weighted by atomic mass is 16.7. The molecule has 0 N–H and O–H groups in total. The molecule has 0 aliphatic rings. The van der Waals surface area contributed by atoms with Crippen LogP contribution in [0, 0.1) is 0 Å². The maximum atomic E-state index is 10.2. The lowest BCUT2D eigenvalue weighted by Gasteiger charge is -2.08. The molecule has 1 amide bonds. The van der Waals surface area contributed by atoms with Crippen LogP contribution in [0.1, 0.15) is 13.8 Å². The van der Waals surface area contributed by atoms with Crippen LogP contribution >= 0.6 is 0 Å². The molecule has 0 aromatic rings. The first-order valence-electron chi connectivity index (χ1n) is 3.28. The molecular weight excluding hydrogens is 162 g/mol. The Morgan fingerprint density at radius 2 is 1.50 bits per heavy atom. The van der Waals surface area contributed by atoms with Crippen molar-refractivity contribution < 1.29 is 19.2 Å². The predicted molar refractivity (Wildman–Crippen MR) is 43.1 cm³/mol. The molecule has 72 valence electrons. The molecule has 5 heteroatoms. The van der Waals surface area contributed by atoms with Gasteiger partial charge < -0.3 is 4.74 Å². The Morgan fingerprint density at radius 1 is 1.17 bits per heavy atom. The number of methoxy groups -OCH3 is 1. The summed E-state index contributed by atoms with van der Waals surface area (Å²) in [5, 5.41) is 1.15. The molecule has 0 saturated heterocycles. The standard InChI is InChI=1S/C4H9NO2.C3H6O2/c1-4(6)5(2)7-3;1-3(4)5-2/h1-3H3;1-2H3.